The van der Waals surface area contributed by atoms with Crippen molar-refractivity contribution >= 4 is 22.7 Å². The van der Waals surface area contributed by atoms with Crippen LogP contribution >= 0.6 is 0 Å². The molecule has 2 aromatic heterocycles. The zero-order valence-electron chi connectivity index (χ0n) is 15.1. The number of nitrogens with one attached hydrogen (secondary N) is 3. The van der Waals surface area contributed by atoms with Crippen LogP contribution in [0.2, 0.25) is 0 Å². The van der Waals surface area contributed by atoms with Gasteiger partial charge in [0.2, 0.25) is 0 Å². The lowest BCUT2D eigenvalue weighted by Gasteiger charge is -2.08. The topological polar surface area (TPSA) is 91.8 Å². The molecule has 0 aliphatic rings. The number of aromatic amines is 1. The number of aromatic nitrogens is 3. The van der Waals surface area contributed by atoms with Gasteiger partial charge in [0.05, 0.1) is 5.52 Å². The summed E-state index contributed by atoms with van der Waals surface area (Å²) in [6.45, 7) is 0.638. The minimum absolute atomic E-state index is 0.182. The number of para-hydroxylation sites is 1. The molecule has 3 N–H and O–H groups in total. The molecule has 0 aliphatic carbocycles. The molecule has 0 spiro atoms. The molecule has 0 saturated heterocycles. The van der Waals surface area contributed by atoms with Crippen LogP contribution in [0.15, 0.2) is 73.1 Å². The van der Waals surface area contributed by atoms with E-state index in [4.69, 9.17) is 0 Å². The van der Waals surface area contributed by atoms with Gasteiger partial charge >= 0.3 is 0 Å². The second-order valence-corrected chi connectivity index (χ2v) is 6.27. The number of carbonyl (C=O) groups is 2. The van der Waals surface area contributed by atoms with E-state index in [2.05, 4.69) is 20.8 Å². The van der Waals surface area contributed by atoms with Crippen LogP contribution in [0.25, 0.3) is 16.6 Å². The maximum atomic E-state index is 12.3. The molecule has 0 fully saturated rings. The van der Waals surface area contributed by atoms with Gasteiger partial charge in [-0.2, -0.15) is 5.10 Å². The highest BCUT2D eigenvalue weighted by atomic mass is 16.2. The van der Waals surface area contributed by atoms with Crippen molar-refractivity contribution in [3.05, 3.63) is 84.3 Å². The van der Waals surface area contributed by atoms with Gasteiger partial charge < -0.3 is 15.2 Å². The highest BCUT2D eigenvalue weighted by Crippen LogP contribution is 2.14. The third-order valence-electron chi connectivity index (χ3n) is 4.41. The van der Waals surface area contributed by atoms with Crippen molar-refractivity contribution in [2.45, 2.75) is 0 Å². The summed E-state index contributed by atoms with van der Waals surface area (Å²) in [6, 6.07) is 18.7. The van der Waals surface area contributed by atoms with Crippen molar-refractivity contribution in [3.63, 3.8) is 0 Å². The normalized spacial score (nSPS) is 10.7. The van der Waals surface area contributed by atoms with Crippen LogP contribution in [0.5, 0.6) is 0 Å². The van der Waals surface area contributed by atoms with Gasteiger partial charge in [-0.05, 0) is 42.5 Å². The van der Waals surface area contributed by atoms with Gasteiger partial charge in [0.15, 0.2) is 5.69 Å². The predicted octanol–water partition coefficient (Wildman–Crippen LogP) is 2.51. The molecular weight excluding hydrogens is 354 g/mol. The summed E-state index contributed by atoms with van der Waals surface area (Å²) in [5.41, 5.74) is 2.72. The monoisotopic (exact) mass is 373 g/mol. The summed E-state index contributed by atoms with van der Waals surface area (Å²) in [5, 5.41) is 13.2. The molecule has 0 unspecified atom stereocenters. The Morgan fingerprint density at radius 1 is 0.857 bits per heavy atom. The van der Waals surface area contributed by atoms with Crippen LogP contribution in [0.3, 0.4) is 0 Å². The van der Waals surface area contributed by atoms with Crippen LogP contribution in [-0.2, 0) is 0 Å². The Morgan fingerprint density at radius 3 is 2.29 bits per heavy atom. The van der Waals surface area contributed by atoms with Crippen molar-refractivity contribution in [2.24, 2.45) is 0 Å². The van der Waals surface area contributed by atoms with Gasteiger partial charge in [0.1, 0.15) is 0 Å². The van der Waals surface area contributed by atoms with Gasteiger partial charge in [-0.25, -0.2) is 0 Å². The number of H-pyrrole nitrogens is 1. The van der Waals surface area contributed by atoms with E-state index >= 15 is 0 Å². The Labute approximate surface area is 161 Å². The molecule has 7 heteroatoms. The van der Waals surface area contributed by atoms with Gasteiger partial charge in [-0.3, -0.25) is 14.7 Å². The molecule has 2 aromatic carbocycles. The third kappa shape index (κ3) is 3.64. The SMILES string of the molecule is O=C(NCCNC(=O)c1n[nH]c2ccccc12)c1ccc(-n2cccc2)cc1. The van der Waals surface area contributed by atoms with Gasteiger partial charge in [0, 0.05) is 42.1 Å². The molecule has 0 radical (unpaired) electrons. The van der Waals surface area contributed by atoms with E-state index in [9.17, 15) is 9.59 Å². The Bertz CT molecular complexity index is 1100. The van der Waals surface area contributed by atoms with Crippen molar-refractivity contribution in [1.29, 1.82) is 0 Å². The number of fused-ring (bicyclic) bond motifs is 1. The summed E-state index contributed by atoms with van der Waals surface area (Å²) >= 11 is 0. The molecule has 140 valence electrons. The number of rotatable bonds is 6. The number of carbonyl (C=O) groups excluding carboxylic acids is 2. The number of hydrogen-bond acceptors (Lipinski definition) is 3. The van der Waals surface area contributed by atoms with Crippen molar-refractivity contribution < 1.29 is 9.59 Å². The zero-order valence-corrected chi connectivity index (χ0v) is 15.1. The molecule has 4 aromatic rings. The van der Waals surface area contributed by atoms with E-state index in [0.29, 0.717) is 24.3 Å². The molecule has 0 aliphatic heterocycles. The Morgan fingerprint density at radius 2 is 1.54 bits per heavy atom. The summed E-state index contributed by atoms with van der Waals surface area (Å²) in [7, 11) is 0. The first-order valence-electron chi connectivity index (χ1n) is 8.95. The maximum Gasteiger partial charge on any atom is 0.272 e. The highest BCUT2D eigenvalue weighted by molar-refractivity contribution is 6.04. The second-order valence-electron chi connectivity index (χ2n) is 6.27. The van der Waals surface area contributed by atoms with E-state index in [1.165, 1.54) is 0 Å². The van der Waals surface area contributed by atoms with Crippen LogP contribution in [0.4, 0.5) is 0 Å². The summed E-state index contributed by atoms with van der Waals surface area (Å²) in [5.74, 6) is -0.457. The average Bonchev–Trinajstić information content (AvgIpc) is 3.41. The number of nitrogens with zero attached hydrogens (tertiary/aromatic N) is 2. The predicted molar refractivity (Wildman–Crippen MR) is 107 cm³/mol. The quantitative estimate of drug-likeness (QED) is 0.454. The Kier molecular flexibility index (Phi) is 4.88. The maximum absolute atomic E-state index is 12.3. The first-order chi connectivity index (χ1) is 13.7. The van der Waals surface area contributed by atoms with E-state index in [1.807, 2.05) is 65.5 Å². The smallest absolute Gasteiger partial charge is 0.272 e. The Balaban J connectivity index is 1.28. The lowest BCUT2D eigenvalue weighted by atomic mass is 10.2. The van der Waals surface area contributed by atoms with E-state index < -0.39 is 0 Å². The molecule has 0 bridgehead atoms. The number of hydrogen-bond donors (Lipinski definition) is 3. The molecule has 7 nitrogen and oxygen atoms in total. The molecular formula is C21H19N5O2. The molecule has 28 heavy (non-hydrogen) atoms. The van der Waals surface area contributed by atoms with Crippen LogP contribution < -0.4 is 10.6 Å². The van der Waals surface area contributed by atoms with E-state index in [-0.39, 0.29) is 11.8 Å². The third-order valence-corrected chi connectivity index (χ3v) is 4.41. The fourth-order valence-electron chi connectivity index (χ4n) is 2.97. The fourth-order valence-corrected chi connectivity index (χ4v) is 2.97. The minimum Gasteiger partial charge on any atom is -0.350 e. The number of benzene rings is 2. The first kappa shape index (κ1) is 17.5. The van der Waals surface area contributed by atoms with E-state index in [1.54, 1.807) is 12.1 Å². The zero-order chi connectivity index (χ0) is 19.3. The second kappa shape index (κ2) is 7.79. The van der Waals surface area contributed by atoms with Crippen LogP contribution in [-0.4, -0.2) is 39.7 Å². The lowest BCUT2D eigenvalue weighted by molar-refractivity contribution is 0.0926. The summed E-state index contributed by atoms with van der Waals surface area (Å²) in [6.07, 6.45) is 3.89. The van der Waals surface area contributed by atoms with Crippen molar-refractivity contribution in [2.75, 3.05) is 13.1 Å². The largest absolute Gasteiger partial charge is 0.350 e. The van der Waals surface area contributed by atoms with Crippen molar-refractivity contribution in [1.82, 2.24) is 25.4 Å². The standard InChI is InChI=1S/C21H19N5O2/c27-20(15-7-9-16(10-8-15)26-13-3-4-14-26)22-11-12-23-21(28)19-17-5-1-2-6-18(17)24-25-19/h1-10,13-14H,11-12H2,(H,22,27)(H,23,28)(H,24,25). The summed E-state index contributed by atoms with van der Waals surface area (Å²) < 4.78 is 1.97. The first-order valence-corrected chi connectivity index (χ1v) is 8.95. The fraction of sp³-hybridized carbons (Fsp3) is 0.0952. The minimum atomic E-state index is -0.275. The van der Waals surface area contributed by atoms with Crippen LogP contribution in [0.1, 0.15) is 20.8 Å². The summed E-state index contributed by atoms with van der Waals surface area (Å²) in [4.78, 5) is 24.5. The van der Waals surface area contributed by atoms with Gasteiger partial charge in [0.25, 0.3) is 11.8 Å². The molecule has 0 saturated carbocycles. The molecule has 4 rings (SSSR count). The molecule has 2 heterocycles. The molecule has 2 amide bonds. The Hall–Kier alpha value is -3.87. The lowest BCUT2D eigenvalue weighted by Crippen LogP contribution is -2.34. The van der Waals surface area contributed by atoms with Crippen molar-refractivity contribution in [3.8, 4) is 5.69 Å². The highest BCUT2D eigenvalue weighted by Gasteiger charge is 2.13. The van der Waals surface area contributed by atoms with Gasteiger partial charge in [-0.15, -0.1) is 0 Å². The average molecular weight is 373 g/mol. The van der Waals surface area contributed by atoms with E-state index in [0.717, 1.165) is 16.6 Å². The molecule has 0 atom stereocenters. The van der Waals surface area contributed by atoms with Crippen LogP contribution in [0, 0.1) is 0 Å². The number of amides is 2. The van der Waals surface area contributed by atoms with Gasteiger partial charge in [-0.1, -0.05) is 18.2 Å².